The van der Waals surface area contributed by atoms with Crippen LogP contribution in [0.15, 0.2) is 36.4 Å². The number of amides is 4. The molecule has 13 heteroatoms. The Bertz CT molecular complexity index is 1610. The molecule has 4 aliphatic heterocycles. The van der Waals surface area contributed by atoms with Crippen molar-refractivity contribution >= 4 is 29.7 Å². The van der Waals surface area contributed by atoms with Crippen molar-refractivity contribution in [3.05, 3.63) is 58.7 Å². The Hall–Kier alpha value is -4.36. The Labute approximate surface area is 333 Å². The Morgan fingerprint density at radius 3 is 2.05 bits per heavy atom. The number of phenolic OH excluding ortho intramolecular Hbond substituents is 1. The second kappa shape index (κ2) is 20.7. The van der Waals surface area contributed by atoms with Crippen LogP contribution in [0.25, 0.3) is 0 Å². The van der Waals surface area contributed by atoms with Gasteiger partial charge in [-0.3, -0.25) is 19.4 Å². The van der Waals surface area contributed by atoms with E-state index in [4.69, 9.17) is 9.47 Å². The highest BCUT2D eigenvalue weighted by Crippen LogP contribution is 2.28. The Morgan fingerprint density at radius 2 is 1.43 bits per heavy atom. The van der Waals surface area contributed by atoms with E-state index in [1.54, 1.807) is 4.90 Å². The molecular weight excluding hydrogens is 713 g/mol. The summed E-state index contributed by atoms with van der Waals surface area (Å²) in [6.45, 7) is 16.5. The number of aromatic hydroxyl groups is 1. The summed E-state index contributed by atoms with van der Waals surface area (Å²) < 4.78 is 11.2. The first kappa shape index (κ1) is 42.8. The third kappa shape index (κ3) is 11.4. The molecule has 3 saturated heterocycles. The van der Waals surface area contributed by atoms with Crippen LogP contribution < -0.4 is 5.32 Å². The number of nitrogens with zero attached hydrogens (tertiary/aromatic N) is 5. The molecule has 0 aliphatic carbocycles. The van der Waals surface area contributed by atoms with Gasteiger partial charge >= 0.3 is 18.1 Å². The van der Waals surface area contributed by atoms with Crippen molar-refractivity contribution in [1.29, 1.82) is 0 Å². The number of para-hydroxylation sites is 1. The molecular formula is C43H64N6O7. The summed E-state index contributed by atoms with van der Waals surface area (Å²) in [5.41, 5.74) is 4.20. The van der Waals surface area contributed by atoms with Gasteiger partial charge in [0.25, 0.3) is 5.91 Å². The number of anilines is 1. The zero-order valence-electron chi connectivity index (χ0n) is 34.3. The summed E-state index contributed by atoms with van der Waals surface area (Å²) in [5.74, 6) is -0.170. The van der Waals surface area contributed by atoms with Crippen LogP contribution in [-0.2, 0) is 31.9 Å². The molecule has 2 aromatic carbocycles. The predicted octanol–water partition coefficient (Wildman–Crippen LogP) is 5.59. The van der Waals surface area contributed by atoms with E-state index >= 15 is 0 Å². The molecule has 0 unspecified atom stereocenters. The predicted molar refractivity (Wildman–Crippen MR) is 217 cm³/mol. The molecule has 0 bridgehead atoms. The second-order valence-electron chi connectivity index (χ2n) is 15.6. The lowest BCUT2D eigenvalue weighted by Gasteiger charge is -2.43. The number of benzene rings is 2. The van der Waals surface area contributed by atoms with Crippen LogP contribution in [0, 0.1) is 13.8 Å². The highest BCUT2D eigenvalue weighted by Gasteiger charge is 2.37. The monoisotopic (exact) mass is 776 g/mol. The van der Waals surface area contributed by atoms with Gasteiger partial charge in [-0.1, -0.05) is 57.0 Å². The van der Waals surface area contributed by atoms with Gasteiger partial charge in [0.05, 0.1) is 13.2 Å². The minimum Gasteiger partial charge on any atom is -0.507 e. The summed E-state index contributed by atoms with van der Waals surface area (Å²) in [6, 6.07) is 11.8. The molecule has 4 heterocycles. The van der Waals surface area contributed by atoms with Gasteiger partial charge in [-0.15, -0.1) is 0 Å². The highest BCUT2D eigenvalue weighted by molar-refractivity contribution is 5.91. The minimum absolute atomic E-state index is 0.000534. The summed E-state index contributed by atoms with van der Waals surface area (Å²) in [6.07, 6.45) is 4.98. The van der Waals surface area contributed by atoms with Crippen LogP contribution in [0.3, 0.4) is 0 Å². The maximum Gasteiger partial charge on any atom is 0.410 e. The van der Waals surface area contributed by atoms with Gasteiger partial charge in [-0.2, -0.15) is 0 Å². The minimum atomic E-state index is -1.01. The number of urea groups is 1. The first-order valence-corrected chi connectivity index (χ1v) is 20.8. The van der Waals surface area contributed by atoms with E-state index in [0.29, 0.717) is 75.9 Å². The smallest absolute Gasteiger partial charge is 0.410 e. The van der Waals surface area contributed by atoms with E-state index in [1.807, 2.05) is 67.0 Å². The molecule has 1 atom stereocenters. The van der Waals surface area contributed by atoms with Gasteiger partial charge in [-0.25, -0.2) is 9.59 Å². The van der Waals surface area contributed by atoms with Crippen LogP contribution in [0.2, 0.25) is 0 Å². The van der Waals surface area contributed by atoms with Crippen LogP contribution in [-0.4, -0.2) is 144 Å². The van der Waals surface area contributed by atoms with Gasteiger partial charge in [0.15, 0.2) is 6.10 Å². The first-order chi connectivity index (χ1) is 27.0. The molecule has 56 heavy (non-hydrogen) atoms. The van der Waals surface area contributed by atoms with E-state index in [-0.39, 0.29) is 36.1 Å². The largest absolute Gasteiger partial charge is 0.507 e. The summed E-state index contributed by atoms with van der Waals surface area (Å²) >= 11 is 0. The fourth-order valence-corrected chi connectivity index (χ4v) is 8.18. The standard InChI is InChI=1S/C39H54N6O7.C4H10/c1-4-51-35(46)26-41-19-21-42(22-20-41)31-10-14-43(15-11-31)37(48)34(25-29-23-27(2)36(47)28(3)24-29)52-39(50)44-16-12-32(13-17-44)45-18-9-30-7-5-6-8-33(30)40-38(45)49;1-3-4-2/h5-8,23-24,31-32,34,47H,4,9-22,25-26H2,1-3H3,(H,40,49);3-4H2,1-2H3/t34-;/m1./s1. The van der Waals surface area contributed by atoms with Gasteiger partial charge in [0, 0.05) is 83.1 Å². The molecule has 2 N–H and O–H groups in total. The zero-order valence-corrected chi connectivity index (χ0v) is 34.3. The van der Waals surface area contributed by atoms with Crippen molar-refractivity contribution in [2.75, 3.05) is 77.4 Å². The lowest BCUT2D eigenvalue weighted by molar-refractivity contribution is -0.145. The number of ether oxygens (including phenoxy) is 2. The second-order valence-corrected chi connectivity index (χ2v) is 15.6. The molecule has 0 aromatic heterocycles. The van der Waals surface area contributed by atoms with Crippen molar-refractivity contribution in [2.45, 2.75) is 104 Å². The lowest BCUT2D eigenvalue weighted by atomic mass is 9.98. The van der Waals surface area contributed by atoms with Crippen molar-refractivity contribution in [3.8, 4) is 5.75 Å². The molecule has 4 amide bonds. The number of hydrogen-bond donors (Lipinski definition) is 2. The number of nitrogens with one attached hydrogen (secondary N) is 1. The molecule has 6 rings (SSSR count). The normalized spacial score (nSPS) is 19.2. The third-order valence-corrected chi connectivity index (χ3v) is 11.7. The van der Waals surface area contributed by atoms with Gasteiger partial charge in [0.2, 0.25) is 0 Å². The average Bonchev–Trinajstić information content (AvgIpc) is 3.38. The maximum atomic E-state index is 14.1. The number of fused-ring (bicyclic) bond motifs is 1. The summed E-state index contributed by atoms with van der Waals surface area (Å²) in [7, 11) is 0. The third-order valence-electron chi connectivity index (χ3n) is 11.7. The number of carbonyl (C=O) groups is 4. The molecule has 0 saturated carbocycles. The highest BCUT2D eigenvalue weighted by atomic mass is 16.6. The Morgan fingerprint density at radius 1 is 0.821 bits per heavy atom. The number of carbonyl (C=O) groups excluding carboxylic acids is 4. The fraction of sp³-hybridized carbons (Fsp3) is 0.628. The number of hydrogen-bond acceptors (Lipinski definition) is 9. The fourth-order valence-electron chi connectivity index (χ4n) is 8.18. The quantitative estimate of drug-likeness (QED) is 0.296. The van der Waals surface area contributed by atoms with Gasteiger partial charge in [-0.05, 0) is 81.2 Å². The summed E-state index contributed by atoms with van der Waals surface area (Å²) in [4.78, 5) is 62.8. The summed E-state index contributed by atoms with van der Waals surface area (Å²) in [5, 5.41) is 13.4. The molecule has 13 nitrogen and oxygen atoms in total. The maximum absolute atomic E-state index is 14.1. The number of phenols is 1. The molecule has 3 fully saturated rings. The zero-order chi connectivity index (χ0) is 40.2. The molecule has 0 radical (unpaired) electrons. The van der Waals surface area contributed by atoms with E-state index < -0.39 is 12.2 Å². The van der Waals surface area contributed by atoms with E-state index in [1.165, 1.54) is 12.8 Å². The topological polar surface area (TPSA) is 135 Å². The SMILES string of the molecule is CCCC.CCOC(=O)CN1CCN(C2CCN(C(=O)[C@@H](Cc3cc(C)c(O)c(C)c3)OC(=O)N3CCC(N4CCc5ccccc5NC4=O)CC3)CC2)CC1. The van der Waals surface area contributed by atoms with Crippen LogP contribution in [0.4, 0.5) is 15.3 Å². The van der Waals surface area contributed by atoms with Crippen LogP contribution >= 0.6 is 0 Å². The Balaban J connectivity index is 0.00000143. The number of piperazine rings is 1. The average molecular weight is 777 g/mol. The van der Waals surface area contributed by atoms with Crippen LogP contribution in [0.5, 0.6) is 5.75 Å². The number of esters is 1. The van der Waals surface area contributed by atoms with Crippen LogP contribution in [0.1, 0.15) is 81.5 Å². The van der Waals surface area contributed by atoms with Crippen molar-refractivity contribution in [3.63, 3.8) is 0 Å². The van der Waals surface area contributed by atoms with E-state index in [2.05, 4.69) is 29.0 Å². The van der Waals surface area contributed by atoms with Gasteiger partial charge < -0.3 is 34.6 Å². The van der Waals surface area contributed by atoms with E-state index in [0.717, 1.165) is 62.3 Å². The van der Waals surface area contributed by atoms with Crippen molar-refractivity contribution in [2.24, 2.45) is 0 Å². The number of piperidine rings is 2. The molecule has 2 aromatic rings. The number of likely N-dealkylation sites (tertiary alicyclic amines) is 2. The number of unbranched alkanes of at least 4 members (excludes halogenated alkanes) is 1. The van der Waals surface area contributed by atoms with Crippen molar-refractivity contribution in [1.82, 2.24) is 24.5 Å². The van der Waals surface area contributed by atoms with Crippen molar-refractivity contribution < 1.29 is 33.8 Å². The first-order valence-electron chi connectivity index (χ1n) is 20.8. The molecule has 308 valence electrons. The lowest BCUT2D eigenvalue weighted by Crippen LogP contribution is -2.55. The number of aryl methyl sites for hydroxylation is 2. The van der Waals surface area contributed by atoms with Gasteiger partial charge in [0.1, 0.15) is 5.75 Å². The molecule has 4 aliphatic rings. The van der Waals surface area contributed by atoms with E-state index in [9.17, 15) is 24.3 Å². The molecule has 0 spiro atoms. The number of rotatable bonds is 10. The Kier molecular flexibility index (Phi) is 15.8.